The molecule has 1 aromatic carbocycles. The summed E-state index contributed by atoms with van der Waals surface area (Å²) in [6.45, 7) is 2.55. The summed E-state index contributed by atoms with van der Waals surface area (Å²) in [5.41, 5.74) is 8.25. The van der Waals surface area contributed by atoms with Crippen molar-refractivity contribution in [3.05, 3.63) is 36.4 Å². The van der Waals surface area contributed by atoms with Gasteiger partial charge in [0.2, 0.25) is 11.8 Å². The third kappa shape index (κ3) is 2.35. The molecule has 3 rings (SSSR count). The van der Waals surface area contributed by atoms with Gasteiger partial charge in [0, 0.05) is 12.1 Å². The van der Waals surface area contributed by atoms with Crippen LogP contribution in [0.3, 0.4) is 0 Å². The second kappa shape index (κ2) is 5.32. The van der Waals surface area contributed by atoms with Crippen molar-refractivity contribution >= 4 is 17.1 Å². The van der Waals surface area contributed by atoms with Gasteiger partial charge in [0.1, 0.15) is 11.3 Å². The van der Waals surface area contributed by atoms with E-state index in [1.807, 2.05) is 37.3 Å². The fourth-order valence-corrected chi connectivity index (χ4v) is 2.20. The molecule has 3 aromatic rings. The van der Waals surface area contributed by atoms with Crippen molar-refractivity contribution in [2.24, 2.45) is 0 Å². The predicted octanol–water partition coefficient (Wildman–Crippen LogP) is 2.41. The number of fused-ring (bicyclic) bond motifs is 1. The molecular weight excluding hydrogens is 268 g/mol. The molecule has 0 fully saturated rings. The molecule has 0 saturated carbocycles. The Hall–Kier alpha value is -2.76. The van der Waals surface area contributed by atoms with Crippen LogP contribution in [0.25, 0.3) is 16.9 Å². The molecule has 2 aromatic heterocycles. The van der Waals surface area contributed by atoms with Gasteiger partial charge >= 0.3 is 0 Å². The lowest BCUT2D eigenvalue weighted by molar-refractivity contribution is 0.340. The fraction of sp³-hybridized carbons (Fsp3) is 0.200. The average Bonchev–Trinajstić information content (AvgIpc) is 2.82. The van der Waals surface area contributed by atoms with Crippen LogP contribution in [0.5, 0.6) is 11.6 Å². The van der Waals surface area contributed by atoms with Crippen molar-refractivity contribution in [3.8, 4) is 17.3 Å². The van der Waals surface area contributed by atoms with Crippen molar-refractivity contribution in [3.63, 3.8) is 0 Å². The largest absolute Gasteiger partial charge is 0.494 e. The number of nitrogen functional groups attached to an aromatic ring is 1. The topological polar surface area (TPSA) is 75.2 Å². The molecule has 6 nitrogen and oxygen atoms in total. The van der Waals surface area contributed by atoms with Gasteiger partial charge in [-0.1, -0.05) is 6.07 Å². The van der Waals surface area contributed by atoms with Crippen molar-refractivity contribution in [1.29, 1.82) is 0 Å². The lowest BCUT2D eigenvalue weighted by Gasteiger charge is -2.09. The Morgan fingerprint density at radius 2 is 2.05 bits per heavy atom. The molecule has 0 unspecified atom stereocenters. The molecule has 0 aliphatic heterocycles. The number of benzene rings is 1. The number of ether oxygens (including phenoxy) is 2. The Bertz CT molecular complexity index is 782. The van der Waals surface area contributed by atoms with Gasteiger partial charge in [-0.2, -0.15) is 4.98 Å². The first-order valence-corrected chi connectivity index (χ1v) is 6.65. The van der Waals surface area contributed by atoms with Gasteiger partial charge in [0.15, 0.2) is 5.65 Å². The monoisotopic (exact) mass is 284 g/mol. The average molecular weight is 284 g/mol. The summed E-state index contributed by atoms with van der Waals surface area (Å²) < 4.78 is 12.5. The van der Waals surface area contributed by atoms with Crippen LogP contribution in [0.2, 0.25) is 0 Å². The molecule has 0 amide bonds. The van der Waals surface area contributed by atoms with Crippen LogP contribution in [0.4, 0.5) is 5.95 Å². The molecule has 0 aliphatic carbocycles. The van der Waals surface area contributed by atoms with Crippen molar-refractivity contribution in [2.75, 3.05) is 19.5 Å². The Balaban J connectivity index is 2.18. The minimum atomic E-state index is 0.374. The molecule has 108 valence electrons. The van der Waals surface area contributed by atoms with E-state index in [2.05, 4.69) is 9.97 Å². The van der Waals surface area contributed by atoms with Gasteiger partial charge in [-0.15, -0.1) is 0 Å². The van der Waals surface area contributed by atoms with Gasteiger partial charge in [0.25, 0.3) is 0 Å². The Kier molecular flexibility index (Phi) is 3.35. The van der Waals surface area contributed by atoms with Crippen LogP contribution < -0.4 is 15.2 Å². The number of aromatic nitrogens is 3. The summed E-state index contributed by atoms with van der Waals surface area (Å²) in [4.78, 5) is 8.75. The first-order chi connectivity index (χ1) is 10.2. The van der Waals surface area contributed by atoms with E-state index in [9.17, 15) is 0 Å². The molecule has 0 bridgehead atoms. The number of pyridine rings is 1. The van der Waals surface area contributed by atoms with E-state index in [-0.39, 0.29) is 0 Å². The number of anilines is 1. The van der Waals surface area contributed by atoms with Crippen LogP contribution in [0, 0.1) is 0 Å². The number of rotatable bonds is 4. The SMILES string of the molecule is CCOc1cccc(-n2c(N)nc3ccc(OC)nc32)c1. The minimum Gasteiger partial charge on any atom is -0.494 e. The summed E-state index contributed by atoms with van der Waals surface area (Å²) in [7, 11) is 1.58. The molecule has 21 heavy (non-hydrogen) atoms. The zero-order valence-electron chi connectivity index (χ0n) is 11.9. The van der Waals surface area contributed by atoms with Gasteiger partial charge in [-0.3, -0.25) is 4.57 Å². The predicted molar refractivity (Wildman–Crippen MR) is 81.0 cm³/mol. The van der Waals surface area contributed by atoms with E-state index in [1.54, 1.807) is 17.7 Å². The molecule has 2 heterocycles. The molecule has 0 spiro atoms. The molecule has 6 heteroatoms. The van der Waals surface area contributed by atoms with Crippen LogP contribution in [-0.2, 0) is 0 Å². The van der Waals surface area contributed by atoms with Crippen LogP contribution in [-0.4, -0.2) is 28.3 Å². The maximum absolute atomic E-state index is 6.03. The fourth-order valence-electron chi connectivity index (χ4n) is 2.20. The summed E-state index contributed by atoms with van der Waals surface area (Å²) in [6.07, 6.45) is 0. The minimum absolute atomic E-state index is 0.374. The summed E-state index contributed by atoms with van der Waals surface area (Å²) in [6, 6.07) is 11.2. The highest BCUT2D eigenvalue weighted by atomic mass is 16.5. The first kappa shape index (κ1) is 13.2. The Morgan fingerprint density at radius 3 is 2.81 bits per heavy atom. The zero-order chi connectivity index (χ0) is 14.8. The molecule has 2 N–H and O–H groups in total. The highest BCUT2D eigenvalue weighted by Crippen LogP contribution is 2.25. The number of hydrogen-bond donors (Lipinski definition) is 1. The third-order valence-corrected chi connectivity index (χ3v) is 3.10. The van der Waals surface area contributed by atoms with E-state index < -0.39 is 0 Å². The summed E-state index contributed by atoms with van der Waals surface area (Å²) >= 11 is 0. The van der Waals surface area contributed by atoms with E-state index in [0.29, 0.717) is 24.1 Å². The van der Waals surface area contributed by atoms with Gasteiger partial charge < -0.3 is 15.2 Å². The number of nitrogens with zero attached hydrogens (tertiary/aromatic N) is 3. The maximum Gasteiger partial charge on any atom is 0.215 e. The van der Waals surface area contributed by atoms with Gasteiger partial charge in [-0.05, 0) is 25.1 Å². The van der Waals surface area contributed by atoms with Gasteiger partial charge in [0.05, 0.1) is 19.4 Å². The van der Waals surface area contributed by atoms with Crippen LogP contribution in [0.1, 0.15) is 6.92 Å². The Labute approximate surface area is 122 Å². The van der Waals surface area contributed by atoms with E-state index in [1.165, 1.54) is 0 Å². The van der Waals surface area contributed by atoms with Gasteiger partial charge in [-0.25, -0.2) is 4.98 Å². The third-order valence-electron chi connectivity index (χ3n) is 3.10. The molecule has 0 aliphatic rings. The lowest BCUT2D eigenvalue weighted by atomic mass is 10.3. The smallest absolute Gasteiger partial charge is 0.215 e. The van der Waals surface area contributed by atoms with E-state index in [4.69, 9.17) is 15.2 Å². The van der Waals surface area contributed by atoms with Crippen molar-refractivity contribution in [2.45, 2.75) is 6.92 Å². The molecule has 0 atom stereocenters. The second-order valence-corrected chi connectivity index (χ2v) is 4.43. The van der Waals surface area contributed by atoms with E-state index in [0.717, 1.165) is 17.0 Å². The highest BCUT2D eigenvalue weighted by molar-refractivity contribution is 5.77. The standard InChI is InChI=1S/C15H16N4O2/c1-3-21-11-6-4-5-10(9-11)19-14-12(17-15(19)16)7-8-13(18-14)20-2/h4-9H,3H2,1-2H3,(H2,16,17). The van der Waals surface area contributed by atoms with Crippen molar-refractivity contribution < 1.29 is 9.47 Å². The maximum atomic E-state index is 6.03. The molecule has 0 saturated heterocycles. The first-order valence-electron chi connectivity index (χ1n) is 6.65. The van der Waals surface area contributed by atoms with E-state index >= 15 is 0 Å². The number of hydrogen-bond acceptors (Lipinski definition) is 5. The van der Waals surface area contributed by atoms with Crippen molar-refractivity contribution in [1.82, 2.24) is 14.5 Å². The Morgan fingerprint density at radius 1 is 1.19 bits per heavy atom. The van der Waals surface area contributed by atoms with Crippen LogP contribution >= 0.6 is 0 Å². The normalized spacial score (nSPS) is 10.8. The lowest BCUT2D eigenvalue weighted by Crippen LogP contribution is -2.02. The molecule has 0 radical (unpaired) electrons. The number of nitrogens with two attached hydrogens (primary N) is 1. The second-order valence-electron chi connectivity index (χ2n) is 4.43. The number of methoxy groups -OCH3 is 1. The summed E-state index contributed by atoms with van der Waals surface area (Å²) in [5.74, 6) is 1.67. The highest BCUT2D eigenvalue weighted by Gasteiger charge is 2.13. The summed E-state index contributed by atoms with van der Waals surface area (Å²) in [5, 5.41) is 0. The number of imidazole rings is 1. The quantitative estimate of drug-likeness (QED) is 0.796. The van der Waals surface area contributed by atoms with Crippen LogP contribution in [0.15, 0.2) is 36.4 Å². The zero-order valence-corrected chi connectivity index (χ0v) is 11.9. The molecular formula is C15H16N4O2.